The number of hydrogen-bond donors (Lipinski definition) is 4. The zero-order chi connectivity index (χ0) is 28.6. The Morgan fingerprint density at radius 3 is 1.97 bits per heavy atom. The van der Waals surface area contributed by atoms with E-state index in [0.717, 1.165) is 17.9 Å². The van der Waals surface area contributed by atoms with Crippen LogP contribution >= 0.6 is 11.8 Å². The van der Waals surface area contributed by atoms with Crippen molar-refractivity contribution in [1.82, 2.24) is 21.3 Å². The molecule has 0 spiro atoms. The van der Waals surface area contributed by atoms with Gasteiger partial charge in [0.15, 0.2) is 0 Å². The molecule has 0 aliphatic carbocycles. The normalized spacial score (nSPS) is 13.6. The number of nitrogens with one attached hydrogen (secondary N) is 4. The molecule has 0 aliphatic heterocycles. The van der Waals surface area contributed by atoms with Crippen LogP contribution in [-0.4, -0.2) is 73.5 Å². The Morgan fingerprint density at radius 2 is 1.41 bits per heavy atom. The molecule has 0 aromatic heterocycles. The molecule has 0 heterocycles. The number of thioether (sulfide) groups is 1. The maximum Gasteiger partial charge on any atom is 0.243 e. The van der Waals surface area contributed by atoms with Crippen LogP contribution in [0.3, 0.4) is 0 Å². The summed E-state index contributed by atoms with van der Waals surface area (Å²) in [6, 6.07) is -1.47. The van der Waals surface area contributed by atoms with Gasteiger partial charge in [-0.2, -0.15) is 11.8 Å². The summed E-state index contributed by atoms with van der Waals surface area (Å²) in [6.07, 6.45) is 1.38. The zero-order valence-electron chi connectivity index (χ0n) is 24.5. The molecular weight excluding hydrogens is 492 g/mol. The van der Waals surface area contributed by atoms with Crippen LogP contribution in [0.1, 0.15) is 81.6 Å². The van der Waals surface area contributed by atoms with E-state index in [0.29, 0.717) is 26.1 Å². The van der Waals surface area contributed by atoms with Gasteiger partial charge in [-0.1, -0.05) is 55.4 Å². The molecule has 0 aromatic rings. The number of carbonyl (C=O) groups is 4. The Hall–Kier alpha value is -1.81. The van der Waals surface area contributed by atoms with Crippen molar-refractivity contribution in [3.05, 3.63) is 0 Å². The highest BCUT2D eigenvalue weighted by atomic mass is 32.2. The number of hydrogen-bond acceptors (Lipinski definition) is 6. The summed E-state index contributed by atoms with van der Waals surface area (Å²) in [7, 11) is 0. The smallest absolute Gasteiger partial charge is 0.243 e. The van der Waals surface area contributed by atoms with Crippen molar-refractivity contribution in [1.29, 1.82) is 0 Å². The van der Waals surface area contributed by atoms with Gasteiger partial charge in [-0.15, -0.1) is 0 Å². The first-order valence-electron chi connectivity index (χ1n) is 13.3. The van der Waals surface area contributed by atoms with Gasteiger partial charge in [0, 0.05) is 31.7 Å². The average molecular weight is 545 g/mol. The summed E-state index contributed by atoms with van der Waals surface area (Å²) in [4.78, 5) is 49.2. The second-order valence-corrected chi connectivity index (χ2v) is 13.3. The number of carbonyl (C=O) groups excluding carboxylic acids is 4. The fraction of sp³-hybridized carbons (Fsp3) is 0.852. The van der Waals surface area contributed by atoms with E-state index in [9.17, 15) is 19.2 Å². The molecule has 0 bridgehead atoms. The van der Waals surface area contributed by atoms with Gasteiger partial charge in [0.05, 0.1) is 13.2 Å². The summed E-state index contributed by atoms with van der Waals surface area (Å²) >= 11 is 1.78. The highest BCUT2D eigenvalue weighted by Gasteiger charge is 2.26. The molecule has 0 rings (SSSR count). The number of ether oxygens (including phenoxy) is 1. The van der Waals surface area contributed by atoms with Crippen LogP contribution in [0, 0.1) is 16.7 Å². The molecule has 0 radical (unpaired) electrons. The lowest BCUT2D eigenvalue weighted by Gasteiger charge is -2.24. The summed E-state index contributed by atoms with van der Waals surface area (Å²) in [5.74, 6) is 0.687. The molecule has 2 atom stereocenters. The molecule has 0 aliphatic rings. The molecule has 10 heteroatoms. The van der Waals surface area contributed by atoms with Crippen LogP contribution < -0.4 is 21.3 Å². The van der Waals surface area contributed by atoms with Gasteiger partial charge in [-0.25, -0.2) is 0 Å². The van der Waals surface area contributed by atoms with Gasteiger partial charge in [-0.05, 0) is 35.8 Å². The van der Waals surface area contributed by atoms with Crippen molar-refractivity contribution < 1.29 is 23.9 Å². The maximum atomic E-state index is 12.7. The van der Waals surface area contributed by atoms with Crippen LogP contribution in [0.2, 0.25) is 0 Å². The SMILES string of the molecule is CC(C)[C@H](NC(=O)CCOCCNC(=O)CCC(C)(C)C)C(=O)N[C@@H](C)C(=O)NCCSCC(C)(C)C. The summed E-state index contributed by atoms with van der Waals surface area (Å²) in [5.41, 5.74) is 0.350. The first-order chi connectivity index (χ1) is 17.0. The minimum atomic E-state index is -0.757. The molecule has 0 unspecified atom stereocenters. The fourth-order valence-corrected chi connectivity index (χ4v) is 4.04. The molecule has 4 N–H and O–H groups in total. The summed E-state index contributed by atoms with van der Waals surface area (Å²) in [5, 5.41) is 11.1. The molecule has 37 heavy (non-hydrogen) atoms. The van der Waals surface area contributed by atoms with E-state index in [1.54, 1.807) is 18.7 Å². The van der Waals surface area contributed by atoms with E-state index in [4.69, 9.17) is 4.74 Å². The second kappa shape index (κ2) is 17.7. The Morgan fingerprint density at radius 1 is 0.757 bits per heavy atom. The highest BCUT2D eigenvalue weighted by Crippen LogP contribution is 2.20. The van der Waals surface area contributed by atoms with Crippen molar-refractivity contribution >= 4 is 35.4 Å². The van der Waals surface area contributed by atoms with Crippen LogP contribution in [0.25, 0.3) is 0 Å². The minimum absolute atomic E-state index is 0.00982. The lowest BCUT2D eigenvalue weighted by Crippen LogP contribution is -2.54. The third-order valence-corrected chi connectivity index (χ3v) is 6.81. The van der Waals surface area contributed by atoms with Crippen LogP contribution in [-0.2, 0) is 23.9 Å². The van der Waals surface area contributed by atoms with E-state index in [1.165, 1.54) is 0 Å². The lowest BCUT2D eigenvalue weighted by atomic mass is 9.90. The van der Waals surface area contributed by atoms with E-state index in [-0.39, 0.29) is 47.5 Å². The summed E-state index contributed by atoms with van der Waals surface area (Å²) in [6.45, 7) is 19.5. The predicted molar refractivity (Wildman–Crippen MR) is 151 cm³/mol. The van der Waals surface area contributed by atoms with Crippen LogP contribution in [0.5, 0.6) is 0 Å². The first-order valence-corrected chi connectivity index (χ1v) is 14.5. The first kappa shape index (κ1) is 35.2. The van der Waals surface area contributed by atoms with E-state index < -0.39 is 18.0 Å². The lowest BCUT2D eigenvalue weighted by molar-refractivity contribution is -0.133. The topological polar surface area (TPSA) is 126 Å². The molecule has 4 amide bonds. The second-order valence-electron chi connectivity index (χ2n) is 12.2. The third kappa shape index (κ3) is 19.9. The Balaban J connectivity index is 4.26. The van der Waals surface area contributed by atoms with Gasteiger partial charge in [0.2, 0.25) is 23.6 Å². The van der Waals surface area contributed by atoms with Gasteiger partial charge in [0.1, 0.15) is 12.1 Å². The Bertz CT molecular complexity index is 717. The number of rotatable bonds is 17. The zero-order valence-corrected chi connectivity index (χ0v) is 25.4. The molecule has 0 fully saturated rings. The van der Waals surface area contributed by atoms with Gasteiger partial charge >= 0.3 is 0 Å². The van der Waals surface area contributed by atoms with E-state index in [2.05, 4.69) is 62.8 Å². The third-order valence-electron chi connectivity index (χ3n) is 5.24. The highest BCUT2D eigenvalue weighted by molar-refractivity contribution is 7.99. The molecule has 9 nitrogen and oxygen atoms in total. The average Bonchev–Trinajstić information content (AvgIpc) is 2.76. The van der Waals surface area contributed by atoms with E-state index >= 15 is 0 Å². The van der Waals surface area contributed by atoms with Gasteiger partial charge < -0.3 is 26.0 Å². The monoisotopic (exact) mass is 544 g/mol. The molecule has 0 saturated carbocycles. The van der Waals surface area contributed by atoms with Crippen molar-refractivity contribution in [2.24, 2.45) is 16.7 Å². The molecule has 0 aromatic carbocycles. The van der Waals surface area contributed by atoms with Crippen molar-refractivity contribution in [3.63, 3.8) is 0 Å². The minimum Gasteiger partial charge on any atom is -0.379 e. The number of amides is 4. The van der Waals surface area contributed by atoms with Crippen LogP contribution in [0.4, 0.5) is 0 Å². The quantitative estimate of drug-likeness (QED) is 0.209. The van der Waals surface area contributed by atoms with Crippen molar-refractivity contribution in [2.45, 2.75) is 93.7 Å². The van der Waals surface area contributed by atoms with Gasteiger partial charge in [0.25, 0.3) is 0 Å². The van der Waals surface area contributed by atoms with E-state index in [1.807, 2.05) is 13.8 Å². The van der Waals surface area contributed by atoms with Crippen molar-refractivity contribution in [2.75, 3.05) is 37.8 Å². The van der Waals surface area contributed by atoms with Crippen molar-refractivity contribution in [3.8, 4) is 0 Å². The largest absolute Gasteiger partial charge is 0.379 e. The standard InChI is InChI=1S/C27H52N4O5S/c1-19(2)23(25(35)30-20(3)24(34)29-14-17-37-18-27(7,8)9)31-22(33)11-15-36-16-13-28-21(32)10-12-26(4,5)6/h19-20,23H,10-18H2,1-9H3,(H,28,32)(H,29,34)(H,30,35)(H,31,33)/t20-,23-/m0/s1. The maximum absolute atomic E-state index is 12.7. The molecular formula is C27H52N4O5S. The van der Waals surface area contributed by atoms with Gasteiger partial charge in [-0.3, -0.25) is 19.2 Å². The Labute approximate surface area is 228 Å². The Kier molecular flexibility index (Phi) is 16.8. The predicted octanol–water partition coefficient (Wildman–Crippen LogP) is 2.88. The summed E-state index contributed by atoms with van der Waals surface area (Å²) < 4.78 is 5.44. The molecule has 0 saturated heterocycles. The fourth-order valence-electron chi connectivity index (χ4n) is 3.03. The molecule has 216 valence electrons. The van der Waals surface area contributed by atoms with Crippen LogP contribution in [0.15, 0.2) is 0 Å².